The average molecular weight is 465 g/mol. The predicted molar refractivity (Wildman–Crippen MR) is 149 cm³/mol. The van der Waals surface area contributed by atoms with Crippen LogP contribution in [0.4, 0.5) is 0 Å². The van der Waals surface area contributed by atoms with E-state index in [2.05, 4.69) is 83.3 Å². The summed E-state index contributed by atoms with van der Waals surface area (Å²) in [6.45, 7) is 18.4. The van der Waals surface area contributed by atoms with Crippen LogP contribution < -0.4 is 0 Å². The molecule has 0 aliphatic heterocycles. The molecule has 2 aliphatic carbocycles. The van der Waals surface area contributed by atoms with Crippen LogP contribution in [0.15, 0.2) is 96.7 Å². The molecule has 4 rings (SSSR count). The standard InChI is InChI=1S/C32H32OS/c1-8-11-12-13-15-21-16-17-24-26(18-21)32(6,7)28-20-22(34-30(24)28)19-27-29(33)23(14-9-2)25(10-3)31(27,4)5/h8-20H,1-2H2,3-7H3/b12-11-,15-13-,23-14+,25-10+,27-19+. The molecule has 2 aromatic rings. The maximum atomic E-state index is 13.3. The first-order valence-corrected chi connectivity index (χ1v) is 12.5. The maximum Gasteiger partial charge on any atom is 0.190 e. The normalized spacial score (nSPS) is 21.8. The lowest BCUT2D eigenvalue weighted by Crippen LogP contribution is -2.14. The summed E-state index contributed by atoms with van der Waals surface area (Å²) < 4.78 is 0. The second kappa shape index (κ2) is 8.85. The van der Waals surface area contributed by atoms with Crippen molar-refractivity contribution in [3.8, 4) is 10.4 Å². The van der Waals surface area contributed by atoms with Crippen molar-refractivity contribution in [3.05, 3.63) is 118 Å². The van der Waals surface area contributed by atoms with Gasteiger partial charge in [0.2, 0.25) is 0 Å². The third kappa shape index (κ3) is 3.76. The van der Waals surface area contributed by atoms with Crippen LogP contribution in [-0.4, -0.2) is 5.78 Å². The summed E-state index contributed by atoms with van der Waals surface area (Å²) in [5, 5.41) is 0. The van der Waals surface area contributed by atoms with Crippen LogP contribution in [0.3, 0.4) is 0 Å². The van der Waals surface area contributed by atoms with E-state index in [1.165, 1.54) is 27.1 Å². The second-order valence-electron chi connectivity index (χ2n) is 9.83. The van der Waals surface area contributed by atoms with E-state index in [9.17, 15) is 4.79 Å². The van der Waals surface area contributed by atoms with Crippen molar-refractivity contribution >= 4 is 29.3 Å². The molecule has 1 aromatic carbocycles. The lowest BCUT2D eigenvalue weighted by atomic mass is 9.81. The summed E-state index contributed by atoms with van der Waals surface area (Å²) >= 11 is 1.78. The van der Waals surface area contributed by atoms with Gasteiger partial charge in [-0.05, 0) is 46.9 Å². The predicted octanol–water partition coefficient (Wildman–Crippen LogP) is 8.86. The minimum Gasteiger partial charge on any atom is -0.289 e. The van der Waals surface area contributed by atoms with Crippen molar-refractivity contribution in [3.63, 3.8) is 0 Å². The molecule has 2 aliphatic rings. The molecule has 0 atom stereocenters. The van der Waals surface area contributed by atoms with Crippen LogP contribution in [-0.2, 0) is 10.2 Å². The Balaban J connectivity index is 1.76. The Kier molecular flexibility index (Phi) is 6.22. The third-order valence-electron chi connectivity index (χ3n) is 7.02. The molecule has 0 saturated heterocycles. The van der Waals surface area contributed by atoms with Gasteiger partial charge in [-0.2, -0.15) is 0 Å². The van der Waals surface area contributed by atoms with E-state index in [1.807, 2.05) is 31.2 Å². The van der Waals surface area contributed by atoms with Crippen LogP contribution in [0.2, 0.25) is 0 Å². The minimum atomic E-state index is -0.330. The molecule has 1 heterocycles. The zero-order valence-electron chi connectivity index (χ0n) is 20.7. The fourth-order valence-corrected chi connectivity index (χ4v) is 6.50. The molecular weight excluding hydrogens is 432 g/mol. The quantitative estimate of drug-likeness (QED) is 0.319. The highest BCUT2D eigenvalue weighted by Crippen LogP contribution is 2.54. The number of fused-ring (bicyclic) bond motifs is 3. The van der Waals surface area contributed by atoms with Crippen LogP contribution >= 0.6 is 11.3 Å². The number of carbonyl (C=O) groups excluding carboxylic acids is 1. The van der Waals surface area contributed by atoms with Crippen molar-refractivity contribution in [2.24, 2.45) is 5.41 Å². The van der Waals surface area contributed by atoms with Crippen LogP contribution in [0, 0.1) is 5.41 Å². The van der Waals surface area contributed by atoms with Gasteiger partial charge in [0.15, 0.2) is 5.78 Å². The van der Waals surface area contributed by atoms with Gasteiger partial charge in [-0.3, -0.25) is 4.79 Å². The van der Waals surface area contributed by atoms with Gasteiger partial charge < -0.3 is 0 Å². The average Bonchev–Trinajstić information content (AvgIpc) is 3.36. The SMILES string of the molecule is C=C/C=C\C=C/c1ccc2c(c1)C(C)(C)c1cc(/C=C3\C(=O)C(=C/C=C)/C(=C\C)C3(C)C)sc1-2. The second-order valence-corrected chi connectivity index (χ2v) is 10.9. The van der Waals surface area contributed by atoms with Gasteiger partial charge in [0.25, 0.3) is 0 Å². The molecule has 0 bridgehead atoms. The smallest absolute Gasteiger partial charge is 0.190 e. The van der Waals surface area contributed by atoms with Gasteiger partial charge in [-0.15, -0.1) is 11.3 Å². The molecule has 0 radical (unpaired) electrons. The molecule has 2 heteroatoms. The number of thiophene rings is 1. The molecule has 1 saturated carbocycles. The first-order valence-electron chi connectivity index (χ1n) is 11.7. The van der Waals surface area contributed by atoms with E-state index < -0.39 is 0 Å². The highest BCUT2D eigenvalue weighted by molar-refractivity contribution is 7.16. The first-order chi connectivity index (χ1) is 16.2. The van der Waals surface area contributed by atoms with E-state index >= 15 is 0 Å². The van der Waals surface area contributed by atoms with E-state index in [0.29, 0.717) is 0 Å². The van der Waals surface area contributed by atoms with Gasteiger partial charge in [0, 0.05) is 31.7 Å². The molecule has 0 N–H and O–H groups in total. The topological polar surface area (TPSA) is 17.1 Å². The first kappa shape index (κ1) is 23.9. The number of carbonyl (C=O) groups is 1. The Labute approximate surface area is 207 Å². The van der Waals surface area contributed by atoms with E-state index in [1.54, 1.807) is 23.5 Å². The Bertz CT molecular complexity index is 1350. The Morgan fingerprint density at radius 2 is 1.65 bits per heavy atom. The molecule has 1 aromatic heterocycles. The Hall–Kier alpha value is -3.23. The van der Waals surface area contributed by atoms with Gasteiger partial charge >= 0.3 is 0 Å². The van der Waals surface area contributed by atoms with Crippen molar-refractivity contribution in [1.29, 1.82) is 0 Å². The molecule has 172 valence electrons. The summed E-state index contributed by atoms with van der Waals surface area (Å²) in [7, 11) is 0. The number of ketones is 1. The molecule has 1 nitrogen and oxygen atoms in total. The van der Waals surface area contributed by atoms with Gasteiger partial charge in [0.1, 0.15) is 0 Å². The van der Waals surface area contributed by atoms with Crippen molar-refractivity contribution in [2.75, 3.05) is 0 Å². The fourth-order valence-electron chi connectivity index (χ4n) is 5.20. The summed E-state index contributed by atoms with van der Waals surface area (Å²) in [5.41, 5.74) is 7.44. The summed E-state index contributed by atoms with van der Waals surface area (Å²) in [5.74, 6) is 0.105. The van der Waals surface area contributed by atoms with Crippen molar-refractivity contribution in [2.45, 2.75) is 40.0 Å². The number of rotatable bonds is 5. The van der Waals surface area contributed by atoms with Gasteiger partial charge in [-0.1, -0.05) is 108 Å². The highest BCUT2D eigenvalue weighted by Gasteiger charge is 2.43. The zero-order chi connectivity index (χ0) is 24.7. The van der Waals surface area contributed by atoms with Crippen molar-refractivity contribution in [1.82, 2.24) is 0 Å². The molecule has 34 heavy (non-hydrogen) atoms. The number of hydrogen-bond donors (Lipinski definition) is 0. The monoisotopic (exact) mass is 464 g/mol. The summed E-state index contributed by atoms with van der Waals surface area (Å²) in [6.07, 6.45) is 17.6. The third-order valence-corrected chi connectivity index (χ3v) is 8.13. The highest BCUT2D eigenvalue weighted by atomic mass is 32.1. The van der Waals surface area contributed by atoms with Crippen LogP contribution in [0.1, 0.15) is 56.2 Å². The molecule has 1 fully saturated rings. The van der Waals surface area contributed by atoms with Crippen LogP contribution in [0.25, 0.3) is 22.6 Å². The van der Waals surface area contributed by atoms with E-state index in [-0.39, 0.29) is 16.6 Å². The summed E-state index contributed by atoms with van der Waals surface area (Å²) in [6, 6.07) is 8.99. The molecule has 0 unspecified atom stereocenters. The van der Waals surface area contributed by atoms with Gasteiger partial charge in [0.05, 0.1) is 0 Å². The van der Waals surface area contributed by atoms with Crippen LogP contribution in [0.5, 0.6) is 0 Å². The summed E-state index contributed by atoms with van der Waals surface area (Å²) in [4.78, 5) is 15.8. The lowest BCUT2D eigenvalue weighted by Gasteiger charge is -2.21. The number of hydrogen-bond acceptors (Lipinski definition) is 2. The van der Waals surface area contributed by atoms with Crippen molar-refractivity contribution < 1.29 is 4.79 Å². The minimum absolute atomic E-state index is 0.0870. The lowest BCUT2D eigenvalue weighted by molar-refractivity contribution is -0.111. The number of Topliss-reactive ketones (excluding diaryl/α,β-unsaturated/α-hetero) is 1. The van der Waals surface area contributed by atoms with Gasteiger partial charge in [-0.25, -0.2) is 0 Å². The Morgan fingerprint density at radius 1 is 0.882 bits per heavy atom. The fraction of sp³-hybridized carbons (Fsp3) is 0.219. The van der Waals surface area contributed by atoms with E-state index in [4.69, 9.17) is 0 Å². The molecule has 0 spiro atoms. The number of benzene rings is 1. The van der Waals surface area contributed by atoms with E-state index in [0.717, 1.165) is 21.6 Å². The largest absolute Gasteiger partial charge is 0.289 e. The molecular formula is C32H32OS. The molecule has 0 amide bonds. The Morgan fingerprint density at radius 3 is 2.32 bits per heavy atom. The maximum absolute atomic E-state index is 13.3. The zero-order valence-corrected chi connectivity index (χ0v) is 21.6. The number of allylic oxidation sites excluding steroid dienone is 10.